The topological polar surface area (TPSA) is 95.1 Å². The molecule has 0 spiro atoms. The molecule has 1 aromatic heterocycles. The Bertz CT molecular complexity index is 756. The summed E-state index contributed by atoms with van der Waals surface area (Å²) < 4.78 is 6.89. The molecular weight excluding hydrogens is 362 g/mol. The first-order valence-electron chi connectivity index (χ1n) is 9.49. The van der Waals surface area contributed by atoms with E-state index in [-0.39, 0.29) is 11.2 Å². The van der Waals surface area contributed by atoms with E-state index in [9.17, 15) is 4.79 Å². The van der Waals surface area contributed by atoms with Gasteiger partial charge >= 0.3 is 0 Å². The van der Waals surface area contributed by atoms with Crippen LogP contribution in [0.4, 0.5) is 0 Å². The number of nitrogens with two attached hydrogens (primary N) is 1. The van der Waals surface area contributed by atoms with Crippen molar-refractivity contribution in [3.05, 3.63) is 24.3 Å². The van der Waals surface area contributed by atoms with Crippen LogP contribution in [0.3, 0.4) is 0 Å². The van der Waals surface area contributed by atoms with Gasteiger partial charge in [-0.3, -0.25) is 4.79 Å². The fourth-order valence-electron chi connectivity index (χ4n) is 3.20. The van der Waals surface area contributed by atoms with Crippen molar-refractivity contribution in [2.24, 2.45) is 0 Å². The van der Waals surface area contributed by atoms with Gasteiger partial charge in [-0.15, -0.1) is 10.2 Å². The van der Waals surface area contributed by atoms with Crippen molar-refractivity contribution in [2.75, 3.05) is 12.4 Å². The highest BCUT2D eigenvalue weighted by Crippen LogP contribution is 2.26. The van der Waals surface area contributed by atoms with Gasteiger partial charge in [-0.05, 0) is 51.0 Å². The number of nitrogens with zero attached hydrogens (tertiary/aromatic N) is 3. The van der Waals surface area contributed by atoms with Crippen molar-refractivity contribution >= 4 is 17.7 Å². The summed E-state index contributed by atoms with van der Waals surface area (Å²) in [6, 6.07) is 7.84. The van der Waals surface area contributed by atoms with Gasteiger partial charge in [0.15, 0.2) is 5.82 Å². The van der Waals surface area contributed by atoms with Crippen molar-refractivity contribution < 1.29 is 9.53 Å². The Morgan fingerprint density at radius 1 is 1.30 bits per heavy atom. The summed E-state index contributed by atoms with van der Waals surface area (Å²) in [6.07, 6.45) is 5.78. The maximum atomic E-state index is 12.5. The van der Waals surface area contributed by atoms with Crippen LogP contribution in [0.25, 0.3) is 11.4 Å². The SMILES string of the molecule is CCOc1ccc(-c2nnc(S[C@@H](C)C(=O)NC3CCCCC3)n2N)cc1. The van der Waals surface area contributed by atoms with E-state index in [0.717, 1.165) is 24.2 Å². The van der Waals surface area contributed by atoms with Crippen LogP contribution in [0.2, 0.25) is 0 Å². The minimum Gasteiger partial charge on any atom is -0.494 e. The lowest BCUT2D eigenvalue weighted by Crippen LogP contribution is -2.40. The Labute approximate surface area is 164 Å². The first-order chi connectivity index (χ1) is 13.1. The van der Waals surface area contributed by atoms with E-state index in [4.69, 9.17) is 10.6 Å². The van der Waals surface area contributed by atoms with Crippen molar-refractivity contribution in [2.45, 2.75) is 62.4 Å². The van der Waals surface area contributed by atoms with Crippen molar-refractivity contribution in [3.8, 4) is 17.1 Å². The number of aromatic nitrogens is 3. The smallest absolute Gasteiger partial charge is 0.233 e. The van der Waals surface area contributed by atoms with E-state index in [2.05, 4.69) is 15.5 Å². The number of ether oxygens (including phenoxy) is 1. The first-order valence-corrected chi connectivity index (χ1v) is 10.4. The van der Waals surface area contributed by atoms with Gasteiger partial charge in [-0.1, -0.05) is 31.0 Å². The van der Waals surface area contributed by atoms with Crippen LogP contribution in [-0.4, -0.2) is 38.7 Å². The lowest BCUT2D eigenvalue weighted by atomic mass is 9.95. The summed E-state index contributed by atoms with van der Waals surface area (Å²) in [5.74, 6) is 7.55. The largest absolute Gasteiger partial charge is 0.494 e. The molecule has 0 saturated heterocycles. The predicted molar refractivity (Wildman–Crippen MR) is 107 cm³/mol. The van der Waals surface area contributed by atoms with E-state index in [1.807, 2.05) is 38.1 Å². The Balaban J connectivity index is 1.63. The lowest BCUT2D eigenvalue weighted by molar-refractivity contribution is -0.121. The number of hydrogen-bond acceptors (Lipinski definition) is 6. The molecule has 7 nitrogen and oxygen atoms in total. The molecule has 1 heterocycles. The highest BCUT2D eigenvalue weighted by atomic mass is 32.2. The minimum absolute atomic E-state index is 0.0255. The quantitative estimate of drug-likeness (QED) is 0.558. The summed E-state index contributed by atoms with van der Waals surface area (Å²) in [5.41, 5.74) is 0.847. The molecule has 1 aromatic carbocycles. The summed E-state index contributed by atoms with van der Waals surface area (Å²) in [7, 11) is 0. The molecule has 1 fully saturated rings. The molecule has 2 aromatic rings. The van der Waals surface area contributed by atoms with Crippen LogP contribution >= 0.6 is 11.8 Å². The third kappa shape index (κ3) is 4.94. The molecule has 1 saturated carbocycles. The van der Waals surface area contributed by atoms with E-state index in [0.29, 0.717) is 23.6 Å². The third-order valence-electron chi connectivity index (χ3n) is 4.69. The van der Waals surface area contributed by atoms with Crippen molar-refractivity contribution in [1.29, 1.82) is 0 Å². The molecule has 146 valence electrons. The molecule has 1 aliphatic carbocycles. The predicted octanol–water partition coefficient (Wildman–Crippen LogP) is 2.99. The van der Waals surface area contributed by atoms with E-state index in [1.165, 1.54) is 35.7 Å². The highest BCUT2D eigenvalue weighted by Gasteiger charge is 2.23. The van der Waals surface area contributed by atoms with Gasteiger partial charge in [0.05, 0.1) is 11.9 Å². The molecule has 3 N–H and O–H groups in total. The normalized spacial score (nSPS) is 16.1. The van der Waals surface area contributed by atoms with Gasteiger partial charge in [0.25, 0.3) is 0 Å². The number of carbonyl (C=O) groups excluding carboxylic acids is 1. The standard InChI is InChI=1S/C19H27N5O2S/c1-3-26-16-11-9-14(10-12-16)17-22-23-19(24(17)20)27-13(2)18(25)21-15-7-5-4-6-8-15/h9-13,15H,3-8,20H2,1-2H3,(H,21,25)/t13-/m0/s1. The van der Waals surface area contributed by atoms with Crippen LogP contribution in [0, 0.1) is 0 Å². The number of rotatable bonds is 7. The second kappa shape index (κ2) is 9.12. The van der Waals surface area contributed by atoms with Gasteiger partial charge < -0.3 is 15.9 Å². The molecule has 1 atom stereocenters. The molecule has 3 rings (SSSR count). The van der Waals surface area contributed by atoms with Gasteiger partial charge in [-0.25, -0.2) is 4.68 Å². The van der Waals surface area contributed by atoms with E-state index in [1.54, 1.807) is 0 Å². The number of nitrogens with one attached hydrogen (secondary N) is 1. The first kappa shape index (κ1) is 19.5. The van der Waals surface area contributed by atoms with E-state index < -0.39 is 0 Å². The van der Waals surface area contributed by atoms with Crippen LogP contribution in [0.15, 0.2) is 29.4 Å². The monoisotopic (exact) mass is 389 g/mol. The number of hydrogen-bond donors (Lipinski definition) is 2. The number of amides is 1. The van der Waals surface area contributed by atoms with Gasteiger partial charge in [0.2, 0.25) is 11.1 Å². The second-order valence-corrected chi connectivity index (χ2v) is 8.05. The number of carbonyl (C=O) groups is 1. The molecule has 0 unspecified atom stereocenters. The third-order valence-corrected chi connectivity index (χ3v) is 5.75. The average molecular weight is 390 g/mol. The summed E-state index contributed by atoms with van der Waals surface area (Å²) >= 11 is 1.32. The molecule has 0 aliphatic heterocycles. The highest BCUT2D eigenvalue weighted by molar-refractivity contribution is 8.00. The van der Waals surface area contributed by atoms with Gasteiger partial charge in [-0.2, -0.15) is 0 Å². The summed E-state index contributed by atoms with van der Waals surface area (Å²) in [5, 5.41) is 11.7. The van der Waals surface area contributed by atoms with Crippen LogP contribution in [0.1, 0.15) is 46.0 Å². The van der Waals surface area contributed by atoms with Gasteiger partial charge in [0.1, 0.15) is 5.75 Å². The maximum Gasteiger partial charge on any atom is 0.233 e. The zero-order valence-corrected chi connectivity index (χ0v) is 16.7. The molecule has 8 heteroatoms. The lowest BCUT2D eigenvalue weighted by Gasteiger charge is -2.24. The van der Waals surface area contributed by atoms with Crippen LogP contribution < -0.4 is 15.9 Å². The Morgan fingerprint density at radius 2 is 2.00 bits per heavy atom. The number of nitrogen functional groups attached to an aromatic ring is 1. The van der Waals surface area contributed by atoms with E-state index >= 15 is 0 Å². The Hall–Kier alpha value is -2.22. The second-order valence-electron chi connectivity index (χ2n) is 6.74. The average Bonchev–Trinajstić information content (AvgIpc) is 3.04. The summed E-state index contributed by atoms with van der Waals surface area (Å²) in [6.45, 7) is 4.43. The molecule has 1 amide bonds. The van der Waals surface area contributed by atoms with Crippen molar-refractivity contribution in [1.82, 2.24) is 20.2 Å². The van der Waals surface area contributed by atoms with Gasteiger partial charge in [0, 0.05) is 11.6 Å². The zero-order chi connectivity index (χ0) is 19.2. The number of benzene rings is 1. The minimum atomic E-state index is -0.286. The van der Waals surface area contributed by atoms with Crippen molar-refractivity contribution in [3.63, 3.8) is 0 Å². The summed E-state index contributed by atoms with van der Waals surface area (Å²) in [4.78, 5) is 12.5. The zero-order valence-electron chi connectivity index (χ0n) is 15.9. The molecule has 27 heavy (non-hydrogen) atoms. The molecular formula is C19H27N5O2S. The molecule has 0 bridgehead atoms. The van der Waals surface area contributed by atoms with Crippen LogP contribution in [0.5, 0.6) is 5.75 Å². The fourth-order valence-corrected chi connectivity index (χ4v) is 3.98. The van der Waals surface area contributed by atoms with Crippen LogP contribution in [-0.2, 0) is 4.79 Å². The molecule has 1 aliphatic rings. The fraction of sp³-hybridized carbons (Fsp3) is 0.526. The molecule has 0 radical (unpaired) electrons. The Morgan fingerprint density at radius 3 is 2.67 bits per heavy atom. The Kier molecular flexibility index (Phi) is 6.60. The number of thioether (sulfide) groups is 1. The maximum absolute atomic E-state index is 12.5.